The smallest absolute Gasteiger partial charge is 0.245 e. The Kier molecular flexibility index (Phi) is 4.31. The van der Waals surface area contributed by atoms with Crippen LogP contribution in [0, 0.1) is 5.82 Å². The van der Waals surface area contributed by atoms with Crippen LogP contribution in [0.5, 0.6) is 0 Å². The molecule has 0 aliphatic carbocycles. The Labute approximate surface area is 136 Å². The van der Waals surface area contributed by atoms with Gasteiger partial charge in [-0.2, -0.15) is 4.31 Å². The largest absolute Gasteiger partial charge is 0.310 e. The van der Waals surface area contributed by atoms with Gasteiger partial charge in [-0.3, -0.25) is 0 Å². The van der Waals surface area contributed by atoms with Gasteiger partial charge in [-0.1, -0.05) is 11.6 Å². The summed E-state index contributed by atoms with van der Waals surface area (Å²) >= 11 is 9.08. The molecule has 2 bridgehead atoms. The van der Waals surface area contributed by atoms with Crippen LogP contribution < -0.4 is 5.32 Å². The molecule has 4 nitrogen and oxygen atoms in total. The van der Waals surface area contributed by atoms with Gasteiger partial charge in [-0.15, -0.1) is 0 Å². The lowest BCUT2D eigenvalue weighted by molar-refractivity contribution is 0.383. The minimum Gasteiger partial charge on any atom is -0.310 e. The van der Waals surface area contributed by atoms with E-state index in [2.05, 4.69) is 21.2 Å². The number of fused-ring (bicyclic) bond motifs is 2. The van der Waals surface area contributed by atoms with Crippen LogP contribution in [0.15, 0.2) is 21.5 Å². The van der Waals surface area contributed by atoms with Gasteiger partial charge in [0.1, 0.15) is 10.7 Å². The highest BCUT2D eigenvalue weighted by molar-refractivity contribution is 9.10. The number of rotatable bonds is 2. The maximum absolute atomic E-state index is 13.3. The number of nitrogens with one attached hydrogen (secondary N) is 1. The summed E-state index contributed by atoms with van der Waals surface area (Å²) in [5.74, 6) is -0.567. The lowest BCUT2D eigenvalue weighted by Crippen LogP contribution is -2.39. The Morgan fingerprint density at radius 2 is 2.00 bits per heavy atom. The second-order valence-corrected chi connectivity index (χ2v) is 8.62. The van der Waals surface area contributed by atoms with E-state index < -0.39 is 15.8 Å². The Hall–Kier alpha value is -0.210. The summed E-state index contributed by atoms with van der Waals surface area (Å²) < 4.78 is 40.6. The van der Waals surface area contributed by atoms with Crippen molar-refractivity contribution >= 4 is 37.6 Å². The van der Waals surface area contributed by atoms with Crippen LogP contribution in [-0.2, 0) is 10.0 Å². The van der Waals surface area contributed by atoms with E-state index in [-0.39, 0.29) is 20.4 Å². The van der Waals surface area contributed by atoms with Crippen LogP contribution >= 0.6 is 27.5 Å². The molecule has 2 fully saturated rings. The quantitative estimate of drug-likeness (QED) is 0.835. The predicted molar refractivity (Wildman–Crippen MR) is 82.4 cm³/mol. The zero-order chi connectivity index (χ0) is 15.2. The third kappa shape index (κ3) is 2.99. The van der Waals surface area contributed by atoms with Gasteiger partial charge in [0, 0.05) is 29.6 Å². The summed E-state index contributed by atoms with van der Waals surface area (Å²) in [4.78, 5) is -0.0525. The highest BCUT2D eigenvalue weighted by Gasteiger charge is 2.36. The molecule has 0 amide bonds. The molecule has 2 saturated heterocycles. The van der Waals surface area contributed by atoms with E-state index in [0.29, 0.717) is 19.1 Å². The van der Waals surface area contributed by atoms with Gasteiger partial charge in [0.25, 0.3) is 0 Å². The van der Waals surface area contributed by atoms with E-state index in [1.165, 1.54) is 4.31 Å². The molecule has 116 valence electrons. The third-order valence-electron chi connectivity index (χ3n) is 4.05. The number of benzene rings is 1. The van der Waals surface area contributed by atoms with Gasteiger partial charge in [-0.25, -0.2) is 12.8 Å². The van der Waals surface area contributed by atoms with Gasteiger partial charge < -0.3 is 5.32 Å². The molecule has 3 rings (SSSR count). The topological polar surface area (TPSA) is 49.4 Å². The minimum absolute atomic E-state index is 0.0525. The van der Waals surface area contributed by atoms with Crippen molar-refractivity contribution in [3.05, 3.63) is 27.4 Å². The zero-order valence-electron chi connectivity index (χ0n) is 11.2. The summed E-state index contributed by atoms with van der Waals surface area (Å²) in [5.41, 5.74) is 0. The highest BCUT2D eigenvalue weighted by Crippen LogP contribution is 2.34. The summed E-state index contributed by atoms with van der Waals surface area (Å²) in [7, 11) is -3.74. The SMILES string of the molecule is O=S(=O)(c1c(Cl)cc(F)cc1Br)N1CCC2CCC(C1)N2. The monoisotopic (exact) mass is 396 g/mol. The summed E-state index contributed by atoms with van der Waals surface area (Å²) in [6.07, 6.45) is 2.86. The van der Waals surface area contributed by atoms with Gasteiger partial charge in [-0.05, 0) is 47.3 Å². The van der Waals surface area contributed by atoms with Gasteiger partial charge in [0.15, 0.2) is 0 Å². The van der Waals surface area contributed by atoms with Crippen molar-refractivity contribution in [3.8, 4) is 0 Å². The van der Waals surface area contributed by atoms with E-state index in [0.717, 1.165) is 31.4 Å². The van der Waals surface area contributed by atoms with Crippen LogP contribution in [0.4, 0.5) is 4.39 Å². The highest BCUT2D eigenvalue weighted by atomic mass is 79.9. The van der Waals surface area contributed by atoms with E-state index in [4.69, 9.17) is 11.6 Å². The third-order valence-corrected chi connectivity index (χ3v) is 7.31. The summed E-state index contributed by atoms with van der Waals surface area (Å²) in [6, 6.07) is 2.73. The van der Waals surface area contributed by atoms with E-state index in [1.54, 1.807) is 0 Å². The first kappa shape index (κ1) is 15.7. The number of hydrogen-bond acceptors (Lipinski definition) is 3. The minimum atomic E-state index is -3.74. The molecule has 0 spiro atoms. The fourth-order valence-electron chi connectivity index (χ4n) is 3.03. The van der Waals surface area contributed by atoms with Gasteiger partial charge in [0.2, 0.25) is 10.0 Å². The fraction of sp³-hybridized carbons (Fsp3) is 0.538. The number of halogens is 3. The van der Waals surface area contributed by atoms with Gasteiger partial charge >= 0.3 is 0 Å². The fourth-order valence-corrected chi connectivity index (χ4v) is 6.28. The van der Waals surface area contributed by atoms with Crippen LogP contribution in [0.3, 0.4) is 0 Å². The van der Waals surface area contributed by atoms with Crippen LogP contribution in [0.2, 0.25) is 5.02 Å². The van der Waals surface area contributed by atoms with Crippen LogP contribution in [0.25, 0.3) is 0 Å². The Bertz CT molecular complexity index is 647. The molecule has 2 aliphatic heterocycles. The summed E-state index contributed by atoms with van der Waals surface area (Å²) in [6.45, 7) is 0.885. The molecule has 0 radical (unpaired) electrons. The molecule has 21 heavy (non-hydrogen) atoms. The van der Waals surface area contributed by atoms with E-state index in [9.17, 15) is 12.8 Å². The Balaban J connectivity index is 1.97. The first-order valence-electron chi connectivity index (χ1n) is 6.78. The van der Waals surface area contributed by atoms with Crippen molar-refractivity contribution in [2.24, 2.45) is 0 Å². The second-order valence-electron chi connectivity index (χ2n) is 5.49. The molecule has 0 saturated carbocycles. The predicted octanol–water partition coefficient (Wildman–Crippen LogP) is 2.76. The van der Waals surface area contributed by atoms with Crippen molar-refractivity contribution < 1.29 is 12.8 Å². The van der Waals surface area contributed by atoms with Crippen molar-refractivity contribution in [1.82, 2.24) is 9.62 Å². The molecule has 1 N–H and O–H groups in total. The molecule has 0 aromatic heterocycles. The first-order chi connectivity index (χ1) is 9.88. The van der Waals surface area contributed by atoms with E-state index >= 15 is 0 Å². The van der Waals surface area contributed by atoms with Crippen LogP contribution in [0.1, 0.15) is 19.3 Å². The van der Waals surface area contributed by atoms with Crippen molar-refractivity contribution in [3.63, 3.8) is 0 Å². The average molecular weight is 398 g/mol. The number of sulfonamides is 1. The maximum atomic E-state index is 13.3. The molecular weight excluding hydrogens is 383 g/mol. The Morgan fingerprint density at radius 1 is 1.29 bits per heavy atom. The average Bonchev–Trinajstić information content (AvgIpc) is 2.66. The standard InChI is InChI=1S/C13H15BrClFN2O2S/c14-11-5-8(16)6-12(15)13(11)21(19,20)18-4-3-9-1-2-10(7-18)17-9/h5-6,9-10,17H,1-4,7H2. The number of nitrogens with zero attached hydrogens (tertiary/aromatic N) is 1. The molecule has 8 heteroatoms. The van der Waals surface area contributed by atoms with Crippen LogP contribution in [-0.4, -0.2) is 37.9 Å². The maximum Gasteiger partial charge on any atom is 0.245 e. The first-order valence-corrected chi connectivity index (χ1v) is 9.40. The normalized spacial score (nSPS) is 26.8. The Morgan fingerprint density at radius 3 is 2.71 bits per heavy atom. The second kappa shape index (κ2) is 5.77. The molecule has 2 unspecified atom stereocenters. The van der Waals surface area contributed by atoms with Crippen molar-refractivity contribution in [2.75, 3.05) is 13.1 Å². The van der Waals surface area contributed by atoms with Crippen molar-refractivity contribution in [1.29, 1.82) is 0 Å². The molecule has 1 aromatic rings. The molecule has 1 aromatic carbocycles. The lowest BCUT2D eigenvalue weighted by Gasteiger charge is -2.24. The lowest BCUT2D eigenvalue weighted by atomic mass is 10.1. The van der Waals surface area contributed by atoms with Gasteiger partial charge in [0.05, 0.1) is 5.02 Å². The van der Waals surface area contributed by atoms with Crippen molar-refractivity contribution in [2.45, 2.75) is 36.2 Å². The number of hydrogen-bond donors (Lipinski definition) is 1. The van der Waals surface area contributed by atoms with E-state index in [1.807, 2.05) is 0 Å². The molecule has 2 heterocycles. The zero-order valence-corrected chi connectivity index (χ0v) is 14.3. The summed E-state index contributed by atoms with van der Waals surface area (Å²) in [5, 5.41) is 3.34. The molecule has 2 atom stereocenters. The molecular formula is C13H15BrClFN2O2S. The molecule has 2 aliphatic rings.